The highest BCUT2D eigenvalue weighted by molar-refractivity contribution is 14.0. The van der Waals surface area contributed by atoms with E-state index < -0.39 is 0 Å². The molecule has 3 rings (SSSR count). The van der Waals surface area contributed by atoms with Gasteiger partial charge in [0.05, 0.1) is 20.2 Å². The average Bonchev–Trinajstić information content (AvgIpc) is 3.21. The van der Waals surface area contributed by atoms with Crippen LogP contribution in [0.3, 0.4) is 0 Å². The minimum absolute atomic E-state index is 0. The van der Waals surface area contributed by atoms with Crippen molar-refractivity contribution in [3.63, 3.8) is 0 Å². The third-order valence-electron chi connectivity index (χ3n) is 4.51. The van der Waals surface area contributed by atoms with Gasteiger partial charge in [-0.1, -0.05) is 0 Å². The smallest absolute Gasteiger partial charge is 0.242 e. The molecular formula is C20H27IN4O3S. The van der Waals surface area contributed by atoms with Gasteiger partial charge in [-0.3, -0.25) is 9.79 Å². The molecule has 7 nitrogen and oxygen atoms in total. The second kappa shape index (κ2) is 11.9. The summed E-state index contributed by atoms with van der Waals surface area (Å²) in [6.07, 6.45) is 0.939. The van der Waals surface area contributed by atoms with Crippen LogP contribution >= 0.6 is 35.3 Å². The van der Waals surface area contributed by atoms with Gasteiger partial charge >= 0.3 is 0 Å². The lowest BCUT2D eigenvalue weighted by molar-refractivity contribution is -0.130. The van der Waals surface area contributed by atoms with Gasteiger partial charge in [-0.05, 0) is 47.7 Å². The molecule has 0 unspecified atom stereocenters. The van der Waals surface area contributed by atoms with E-state index in [0.717, 1.165) is 24.5 Å². The molecular weight excluding hydrogens is 503 g/mol. The summed E-state index contributed by atoms with van der Waals surface area (Å²) >= 11 is 1.77. The van der Waals surface area contributed by atoms with Gasteiger partial charge in [0.25, 0.3) is 0 Å². The van der Waals surface area contributed by atoms with Gasteiger partial charge in [-0.2, -0.15) is 0 Å². The molecule has 9 heteroatoms. The Kier molecular flexibility index (Phi) is 9.52. The van der Waals surface area contributed by atoms with E-state index in [1.807, 2.05) is 29.2 Å². The SMILES string of the molecule is CN=C(NCCOc1ccc(OC)cc1)NCC(=O)N1CCc2sccc2C1.I. The van der Waals surface area contributed by atoms with Crippen molar-refractivity contribution in [2.45, 2.75) is 13.0 Å². The molecule has 0 saturated heterocycles. The van der Waals surface area contributed by atoms with E-state index >= 15 is 0 Å². The van der Waals surface area contributed by atoms with E-state index in [2.05, 4.69) is 27.1 Å². The Balaban J connectivity index is 0.00000300. The van der Waals surface area contributed by atoms with Crippen LogP contribution in [-0.4, -0.2) is 57.2 Å². The molecule has 29 heavy (non-hydrogen) atoms. The number of methoxy groups -OCH3 is 1. The lowest BCUT2D eigenvalue weighted by atomic mass is 10.1. The number of benzene rings is 1. The van der Waals surface area contributed by atoms with Crippen LogP contribution in [0, 0.1) is 0 Å². The number of hydrogen-bond acceptors (Lipinski definition) is 5. The summed E-state index contributed by atoms with van der Waals surface area (Å²) in [7, 11) is 3.32. The molecule has 1 aliphatic rings. The number of fused-ring (bicyclic) bond motifs is 1. The summed E-state index contributed by atoms with van der Waals surface area (Å²) in [5, 5.41) is 8.32. The van der Waals surface area contributed by atoms with Crippen molar-refractivity contribution in [2.24, 2.45) is 4.99 Å². The summed E-state index contributed by atoms with van der Waals surface area (Å²) in [5.41, 5.74) is 1.27. The van der Waals surface area contributed by atoms with E-state index in [9.17, 15) is 4.79 Å². The van der Waals surface area contributed by atoms with Crippen molar-refractivity contribution in [2.75, 3.05) is 40.4 Å². The highest BCUT2D eigenvalue weighted by Crippen LogP contribution is 2.23. The highest BCUT2D eigenvalue weighted by atomic mass is 127. The van der Waals surface area contributed by atoms with Crippen molar-refractivity contribution in [3.8, 4) is 11.5 Å². The highest BCUT2D eigenvalue weighted by Gasteiger charge is 2.21. The number of amides is 1. The largest absolute Gasteiger partial charge is 0.497 e. The first-order valence-corrected chi connectivity index (χ1v) is 10.1. The van der Waals surface area contributed by atoms with Crippen molar-refractivity contribution < 1.29 is 14.3 Å². The Morgan fingerprint density at radius 3 is 2.69 bits per heavy atom. The Morgan fingerprint density at radius 1 is 1.21 bits per heavy atom. The van der Waals surface area contributed by atoms with Crippen LogP contribution in [0.1, 0.15) is 10.4 Å². The second-order valence-electron chi connectivity index (χ2n) is 6.31. The minimum Gasteiger partial charge on any atom is -0.497 e. The first kappa shape index (κ1) is 23.3. The number of carbonyl (C=O) groups is 1. The molecule has 0 saturated carbocycles. The number of nitrogens with one attached hydrogen (secondary N) is 2. The molecule has 0 aliphatic carbocycles. The van der Waals surface area contributed by atoms with Crippen LogP contribution in [0.4, 0.5) is 0 Å². The molecule has 2 N–H and O–H groups in total. The standard InChI is InChI=1S/C20H26N4O3S.HI/c1-21-20(22-9-11-27-17-5-3-16(26-2)4-6-17)23-13-19(25)24-10-7-18-15(14-24)8-12-28-18;/h3-6,8,12H,7,9-11,13-14H2,1-2H3,(H2,21,22,23);1H. The fraction of sp³-hybridized carbons (Fsp3) is 0.400. The maximum Gasteiger partial charge on any atom is 0.242 e. The Morgan fingerprint density at radius 2 is 1.97 bits per heavy atom. The van der Waals surface area contributed by atoms with Crippen molar-refractivity contribution in [1.29, 1.82) is 0 Å². The summed E-state index contributed by atoms with van der Waals surface area (Å²) in [4.78, 5) is 19.9. The third kappa shape index (κ3) is 6.77. The zero-order valence-corrected chi connectivity index (χ0v) is 19.8. The summed E-state index contributed by atoms with van der Waals surface area (Å²) < 4.78 is 10.8. The lowest BCUT2D eigenvalue weighted by Gasteiger charge is -2.27. The van der Waals surface area contributed by atoms with Crippen LogP contribution in [-0.2, 0) is 17.8 Å². The maximum absolute atomic E-state index is 12.5. The Labute approximate surface area is 192 Å². The molecule has 1 amide bonds. The van der Waals surface area contributed by atoms with Gasteiger partial charge < -0.3 is 25.0 Å². The van der Waals surface area contributed by atoms with Gasteiger partial charge in [0, 0.05) is 25.0 Å². The topological polar surface area (TPSA) is 75.2 Å². The molecule has 0 bridgehead atoms. The second-order valence-corrected chi connectivity index (χ2v) is 7.31. The van der Waals surface area contributed by atoms with E-state index in [-0.39, 0.29) is 36.4 Å². The third-order valence-corrected chi connectivity index (χ3v) is 5.54. The average molecular weight is 530 g/mol. The first-order chi connectivity index (χ1) is 13.7. The van der Waals surface area contributed by atoms with Gasteiger partial charge in [-0.15, -0.1) is 35.3 Å². The lowest BCUT2D eigenvalue weighted by Crippen LogP contribution is -2.46. The molecule has 0 radical (unpaired) electrons. The van der Waals surface area contributed by atoms with Gasteiger partial charge in [-0.25, -0.2) is 0 Å². The zero-order chi connectivity index (χ0) is 19.8. The molecule has 1 aromatic carbocycles. The van der Waals surface area contributed by atoms with Crippen LogP contribution in [0.5, 0.6) is 11.5 Å². The Bertz CT molecular complexity index is 810. The molecule has 0 spiro atoms. The number of thiophene rings is 1. The van der Waals surface area contributed by atoms with Crippen molar-refractivity contribution in [1.82, 2.24) is 15.5 Å². The number of halogens is 1. The van der Waals surface area contributed by atoms with E-state index in [0.29, 0.717) is 25.7 Å². The van der Waals surface area contributed by atoms with E-state index in [1.165, 1.54) is 10.4 Å². The number of nitrogens with zero attached hydrogens (tertiary/aromatic N) is 2. The number of rotatable bonds is 7. The monoisotopic (exact) mass is 530 g/mol. The number of carbonyl (C=O) groups excluding carboxylic acids is 1. The molecule has 158 valence electrons. The quantitative estimate of drug-likeness (QED) is 0.249. The van der Waals surface area contributed by atoms with Crippen LogP contribution in [0.2, 0.25) is 0 Å². The van der Waals surface area contributed by atoms with E-state index in [1.54, 1.807) is 25.5 Å². The zero-order valence-electron chi connectivity index (χ0n) is 16.6. The molecule has 1 aliphatic heterocycles. The predicted molar refractivity (Wildman–Crippen MR) is 127 cm³/mol. The van der Waals surface area contributed by atoms with Crippen molar-refractivity contribution in [3.05, 3.63) is 46.2 Å². The van der Waals surface area contributed by atoms with Gasteiger partial charge in [0.2, 0.25) is 5.91 Å². The summed E-state index contributed by atoms with van der Waals surface area (Å²) in [6.45, 7) is 2.74. The molecule has 0 fully saturated rings. The normalized spacial score (nSPS) is 13.2. The predicted octanol–water partition coefficient (Wildman–Crippen LogP) is 2.50. The summed E-state index contributed by atoms with van der Waals surface area (Å²) in [6, 6.07) is 9.54. The van der Waals surface area contributed by atoms with Crippen LogP contribution in [0.15, 0.2) is 40.7 Å². The summed E-state index contributed by atoms with van der Waals surface area (Å²) in [5.74, 6) is 2.23. The Hall–Kier alpha value is -2.01. The maximum atomic E-state index is 12.5. The number of aliphatic imine (C=N–C) groups is 1. The molecule has 1 aromatic heterocycles. The fourth-order valence-electron chi connectivity index (χ4n) is 2.96. The molecule has 2 heterocycles. The van der Waals surface area contributed by atoms with E-state index in [4.69, 9.17) is 9.47 Å². The first-order valence-electron chi connectivity index (χ1n) is 9.24. The fourth-order valence-corrected chi connectivity index (χ4v) is 3.85. The number of hydrogen-bond donors (Lipinski definition) is 2. The minimum atomic E-state index is 0. The van der Waals surface area contributed by atoms with Gasteiger partial charge in [0.1, 0.15) is 18.1 Å². The van der Waals surface area contributed by atoms with Crippen LogP contribution < -0.4 is 20.1 Å². The number of guanidine groups is 1. The van der Waals surface area contributed by atoms with Crippen molar-refractivity contribution >= 4 is 47.2 Å². The number of ether oxygens (including phenoxy) is 2. The molecule has 0 atom stereocenters. The van der Waals surface area contributed by atoms with Gasteiger partial charge in [0.15, 0.2) is 5.96 Å². The molecule has 2 aromatic rings. The van der Waals surface area contributed by atoms with Crippen LogP contribution in [0.25, 0.3) is 0 Å².